The van der Waals surface area contributed by atoms with Crippen LogP contribution < -0.4 is 5.69 Å². The van der Waals surface area contributed by atoms with E-state index in [1.54, 1.807) is 9.47 Å². The number of hydrogen-bond acceptors (Lipinski definition) is 5. The molecule has 0 spiro atoms. The molecule has 24 heavy (non-hydrogen) atoms. The summed E-state index contributed by atoms with van der Waals surface area (Å²) < 4.78 is 7.01. The second-order valence-corrected chi connectivity index (χ2v) is 6.42. The Morgan fingerprint density at radius 1 is 1.42 bits per heavy atom. The summed E-state index contributed by atoms with van der Waals surface area (Å²) in [6.07, 6.45) is 2.90. The third-order valence-electron chi connectivity index (χ3n) is 4.57. The normalized spacial score (nSPS) is 16.1. The van der Waals surface area contributed by atoms with Gasteiger partial charge in [0.2, 0.25) is 0 Å². The van der Waals surface area contributed by atoms with Crippen molar-refractivity contribution in [1.29, 1.82) is 0 Å². The number of rotatable bonds is 4. The minimum atomic E-state index is -0.171. The van der Waals surface area contributed by atoms with Gasteiger partial charge in [0.15, 0.2) is 12.1 Å². The molecular weight excluding hydrogens is 310 g/mol. The number of aromatic amines is 1. The van der Waals surface area contributed by atoms with Crippen LogP contribution in [0, 0.1) is 0 Å². The standard InChI is InChI=1S/C16H23N5O3/c1-4-21-14(18-19-16(21)23)11-5-7-20(8-6-11)15(22)12-13(10(2)3)24-9-17-12/h9-11H,4-8H2,1-3H3,(H,19,23). The van der Waals surface area contributed by atoms with Crippen LogP contribution in [0.25, 0.3) is 0 Å². The molecule has 1 saturated heterocycles. The maximum atomic E-state index is 12.7. The van der Waals surface area contributed by atoms with E-state index >= 15 is 0 Å². The van der Waals surface area contributed by atoms with Crippen molar-refractivity contribution in [3.8, 4) is 0 Å². The zero-order valence-corrected chi connectivity index (χ0v) is 14.3. The van der Waals surface area contributed by atoms with E-state index in [1.807, 2.05) is 20.8 Å². The van der Waals surface area contributed by atoms with E-state index in [9.17, 15) is 9.59 Å². The Bertz CT molecular complexity index is 765. The molecule has 0 aromatic carbocycles. The van der Waals surface area contributed by atoms with Gasteiger partial charge >= 0.3 is 5.69 Å². The molecule has 2 aromatic heterocycles. The number of likely N-dealkylation sites (tertiary alicyclic amines) is 1. The molecule has 8 heteroatoms. The molecule has 2 aromatic rings. The summed E-state index contributed by atoms with van der Waals surface area (Å²) in [6.45, 7) is 7.73. The minimum absolute atomic E-state index is 0.0826. The molecule has 8 nitrogen and oxygen atoms in total. The lowest BCUT2D eigenvalue weighted by molar-refractivity contribution is 0.0702. The van der Waals surface area contributed by atoms with Crippen molar-refractivity contribution in [2.75, 3.05) is 13.1 Å². The predicted octanol–water partition coefficient (Wildman–Crippen LogP) is 1.72. The van der Waals surface area contributed by atoms with Gasteiger partial charge in [-0.2, -0.15) is 5.10 Å². The summed E-state index contributed by atoms with van der Waals surface area (Å²) in [6, 6.07) is 0. The molecule has 1 aliphatic rings. The quantitative estimate of drug-likeness (QED) is 0.919. The van der Waals surface area contributed by atoms with Gasteiger partial charge in [-0.15, -0.1) is 0 Å². The summed E-state index contributed by atoms with van der Waals surface area (Å²) in [7, 11) is 0. The highest BCUT2D eigenvalue weighted by molar-refractivity contribution is 5.93. The molecule has 1 N–H and O–H groups in total. The first-order chi connectivity index (χ1) is 11.5. The SMILES string of the molecule is CCn1c(C2CCN(C(=O)c3ncoc3C(C)C)CC2)n[nH]c1=O. The smallest absolute Gasteiger partial charge is 0.343 e. The zero-order chi connectivity index (χ0) is 17.3. The zero-order valence-electron chi connectivity index (χ0n) is 14.3. The van der Waals surface area contributed by atoms with Crippen molar-refractivity contribution in [2.24, 2.45) is 0 Å². The highest BCUT2D eigenvalue weighted by Gasteiger charge is 2.30. The molecule has 0 bridgehead atoms. The molecule has 0 atom stereocenters. The van der Waals surface area contributed by atoms with Crippen LogP contribution in [0.1, 0.15) is 67.5 Å². The molecule has 0 radical (unpaired) electrons. The average Bonchev–Trinajstić information content (AvgIpc) is 3.21. The van der Waals surface area contributed by atoms with Gasteiger partial charge in [-0.05, 0) is 19.8 Å². The minimum Gasteiger partial charge on any atom is -0.447 e. The average molecular weight is 333 g/mol. The Morgan fingerprint density at radius 2 is 2.12 bits per heavy atom. The molecule has 0 unspecified atom stereocenters. The van der Waals surface area contributed by atoms with Crippen LogP contribution in [-0.2, 0) is 6.54 Å². The first kappa shape index (κ1) is 16.5. The van der Waals surface area contributed by atoms with Crippen LogP contribution in [0.4, 0.5) is 0 Å². The fourth-order valence-electron chi connectivity index (χ4n) is 3.26. The first-order valence-electron chi connectivity index (χ1n) is 8.40. The topological polar surface area (TPSA) is 97.0 Å². The predicted molar refractivity (Wildman–Crippen MR) is 87.0 cm³/mol. The number of amides is 1. The maximum Gasteiger partial charge on any atom is 0.343 e. The Morgan fingerprint density at radius 3 is 2.75 bits per heavy atom. The maximum absolute atomic E-state index is 12.7. The summed E-state index contributed by atoms with van der Waals surface area (Å²) >= 11 is 0. The number of nitrogens with zero attached hydrogens (tertiary/aromatic N) is 4. The number of hydrogen-bond donors (Lipinski definition) is 1. The monoisotopic (exact) mass is 333 g/mol. The van der Waals surface area contributed by atoms with Gasteiger partial charge < -0.3 is 9.32 Å². The van der Waals surface area contributed by atoms with Crippen LogP contribution >= 0.6 is 0 Å². The molecular formula is C16H23N5O3. The summed E-state index contributed by atoms with van der Waals surface area (Å²) in [5, 5.41) is 6.68. The molecule has 130 valence electrons. The number of carbonyl (C=O) groups is 1. The number of piperidine rings is 1. The van der Waals surface area contributed by atoms with Crippen molar-refractivity contribution in [3.63, 3.8) is 0 Å². The molecule has 1 amide bonds. The summed E-state index contributed by atoms with van der Waals surface area (Å²) in [5.74, 6) is 1.65. The first-order valence-corrected chi connectivity index (χ1v) is 8.40. The third kappa shape index (κ3) is 2.88. The number of nitrogens with one attached hydrogen (secondary N) is 1. The highest BCUT2D eigenvalue weighted by atomic mass is 16.3. The number of H-pyrrole nitrogens is 1. The van der Waals surface area contributed by atoms with E-state index in [0.29, 0.717) is 31.1 Å². The number of carbonyl (C=O) groups excluding carboxylic acids is 1. The van der Waals surface area contributed by atoms with Crippen LogP contribution in [0.15, 0.2) is 15.6 Å². The second-order valence-electron chi connectivity index (χ2n) is 6.42. The van der Waals surface area contributed by atoms with E-state index in [2.05, 4.69) is 15.2 Å². The van der Waals surface area contributed by atoms with E-state index in [0.717, 1.165) is 18.7 Å². The Labute approximate surface area is 139 Å². The molecule has 1 aliphatic heterocycles. The molecule has 3 heterocycles. The fourth-order valence-corrected chi connectivity index (χ4v) is 3.26. The Hall–Kier alpha value is -2.38. The second kappa shape index (κ2) is 6.62. The van der Waals surface area contributed by atoms with Crippen LogP contribution in [0.5, 0.6) is 0 Å². The van der Waals surface area contributed by atoms with E-state index in [-0.39, 0.29) is 23.4 Å². The van der Waals surface area contributed by atoms with Gasteiger partial charge in [0.05, 0.1) is 0 Å². The van der Waals surface area contributed by atoms with Gasteiger partial charge in [0.1, 0.15) is 11.6 Å². The molecule has 0 saturated carbocycles. The lowest BCUT2D eigenvalue weighted by Crippen LogP contribution is -2.39. The van der Waals surface area contributed by atoms with Crippen molar-refractivity contribution in [1.82, 2.24) is 24.6 Å². The van der Waals surface area contributed by atoms with Crippen LogP contribution in [-0.4, -0.2) is 43.6 Å². The lowest BCUT2D eigenvalue weighted by Gasteiger charge is -2.31. The number of oxazole rings is 1. The van der Waals surface area contributed by atoms with Crippen molar-refractivity contribution >= 4 is 5.91 Å². The van der Waals surface area contributed by atoms with E-state index in [4.69, 9.17) is 4.42 Å². The summed E-state index contributed by atoms with van der Waals surface area (Å²) in [4.78, 5) is 30.3. The van der Waals surface area contributed by atoms with Crippen molar-refractivity contribution in [3.05, 3.63) is 34.2 Å². The van der Waals surface area contributed by atoms with E-state index < -0.39 is 0 Å². The van der Waals surface area contributed by atoms with Crippen molar-refractivity contribution in [2.45, 2.75) is 52.0 Å². The Balaban J connectivity index is 1.70. The highest BCUT2D eigenvalue weighted by Crippen LogP contribution is 2.28. The fraction of sp³-hybridized carbons (Fsp3) is 0.625. The largest absolute Gasteiger partial charge is 0.447 e. The van der Waals surface area contributed by atoms with Gasteiger partial charge in [0.25, 0.3) is 5.91 Å². The van der Waals surface area contributed by atoms with E-state index in [1.165, 1.54) is 6.39 Å². The molecule has 3 rings (SSSR count). The van der Waals surface area contributed by atoms with Gasteiger partial charge in [-0.25, -0.2) is 14.9 Å². The van der Waals surface area contributed by atoms with Gasteiger partial charge in [-0.3, -0.25) is 9.36 Å². The third-order valence-corrected chi connectivity index (χ3v) is 4.57. The lowest BCUT2D eigenvalue weighted by atomic mass is 9.95. The number of aromatic nitrogens is 4. The van der Waals surface area contributed by atoms with Gasteiger partial charge in [-0.1, -0.05) is 13.8 Å². The van der Waals surface area contributed by atoms with Crippen LogP contribution in [0.3, 0.4) is 0 Å². The summed E-state index contributed by atoms with van der Waals surface area (Å²) in [5.41, 5.74) is 0.240. The molecule has 1 fully saturated rings. The molecule has 0 aliphatic carbocycles. The van der Waals surface area contributed by atoms with Gasteiger partial charge in [0, 0.05) is 31.5 Å². The van der Waals surface area contributed by atoms with Crippen molar-refractivity contribution < 1.29 is 9.21 Å². The Kier molecular flexibility index (Phi) is 4.55. The van der Waals surface area contributed by atoms with Crippen LogP contribution in [0.2, 0.25) is 0 Å².